The summed E-state index contributed by atoms with van der Waals surface area (Å²) in [5.74, 6) is 0.765. The van der Waals surface area contributed by atoms with Gasteiger partial charge in [-0.05, 0) is 61.7 Å². The molecule has 0 atom stereocenters. The molecule has 3 nitrogen and oxygen atoms in total. The van der Waals surface area contributed by atoms with Gasteiger partial charge < -0.3 is 10.1 Å². The average molecular weight is 283 g/mol. The highest BCUT2D eigenvalue weighted by Crippen LogP contribution is 2.12. The summed E-state index contributed by atoms with van der Waals surface area (Å²) in [4.78, 5) is 12.0. The van der Waals surface area contributed by atoms with Crippen molar-refractivity contribution in [1.82, 2.24) is 5.32 Å². The Morgan fingerprint density at radius 2 is 1.86 bits per heavy atom. The lowest BCUT2D eigenvalue weighted by Gasteiger charge is -2.09. The molecule has 110 valence electrons. The first-order valence-corrected chi connectivity index (χ1v) is 7.11. The van der Waals surface area contributed by atoms with Gasteiger partial charge in [-0.15, -0.1) is 0 Å². The molecule has 0 unspecified atom stereocenters. The zero-order valence-corrected chi connectivity index (χ0v) is 12.8. The van der Waals surface area contributed by atoms with Gasteiger partial charge in [0, 0.05) is 5.56 Å². The second-order valence-corrected chi connectivity index (χ2v) is 5.22. The summed E-state index contributed by atoms with van der Waals surface area (Å²) >= 11 is 0. The van der Waals surface area contributed by atoms with E-state index < -0.39 is 0 Å². The second-order valence-electron chi connectivity index (χ2n) is 5.22. The fraction of sp³-hybridized carbons (Fsp3) is 0.278. The highest BCUT2D eigenvalue weighted by molar-refractivity contribution is 5.94. The van der Waals surface area contributed by atoms with E-state index in [1.807, 2.05) is 63.2 Å². The third-order valence-electron chi connectivity index (χ3n) is 3.41. The Bertz CT molecular complexity index is 635. The van der Waals surface area contributed by atoms with E-state index in [2.05, 4.69) is 5.32 Å². The van der Waals surface area contributed by atoms with Gasteiger partial charge in [0.05, 0.1) is 6.54 Å². The first-order valence-electron chi connectivity index (χ1n) is 7.11. The Kier molecular flexibility index (Phi) is 4.99. The number of carbonyl (C=O) groups is 1. The molecule has 0 saturated carbocycles. The Morgan fingerprint density at radius 1 is 1.05 bits per heavy atom. The lowest BCUT2D eigenvalue weighted by molar-refractivity contribution is 0.0947. The van der Waals surface area contributed by atoms with Crippen molar-refractivity contribution in [3.05, 3.63) is 64.7 Å². The van der Waals surface area contributed by atoms with Gasteiger partial charge in [-0.1, -0.05) is 18.2 Å². The molecular formula is C18H21NO2. The van der Waals surface area contributed by atoms with Crippen LogP contribution in [0, 0.1) is 20.8 Å². The van der Waals surface area contributed by atoms with Crippen LogP contribution < -0.4 is 10.1 Å². The van der Waals surface area contributed by atoms with E-state index in [1.165, 1.54) is 5.56 Å². The minimum Gasteiger partial charge on any atom is -0.492 e. The Hall–Kier alpha value is -2.29. The van der Waals surface area contributed by atoms with E-state index in [0.717, 1.165) is 16.9 Å². The minimum atomic E-state index is -0.0639. The van der Waals surface area contributed by atoms with Crippen LogP contribution in [-0.2, 0) is 0 Å². The molecule has 0 fully saturated rings. The monoisotopic (exact) mass is 283 g/mol. The van der Waals surface area contributed by atoms with Gasteiger partial charge >= 0.3 is 0 Å². The highest BCUT2D eigenvalue weighted by Gasteiger charge is 2.05. The highest BCUT2D eigenvalue weighted by atomic mass is 16.5. The lowest BCUT2D eigenvalue weighted by Crippen LogP contribution is -2.28. The van der Waals surface area contributed by atoms with E-state index >= 15 is 0 Å². The molecule has 0 spiro atoms. The maximum atomic E-state index is 12.0. The Morgan fingerprint density at radius 3 is 2.57 bits per heavy atom. The van der Waals surface area contributed by atoms with Crippen molar-refractivity contribution in [3.63, 3.8) is 0 Å². The molecule has 1 amide bonds. The second kappa shape index (κ2) is 6.93. The summed E-state index contributed by atoms with van der Waals surface area (Å²) in [5.41, 5.74) is 4.16. The van der Waals surface area contributed by atoms with Crippen molar-refractivity contribution in [2.75, 3.05) is 13.2 Å². The topological polar surface area (TPSA) is 38.3 Å². The smallest absolute Gasteiger partial charge is 0.251 e. The quantitative estimate of drug-likeness (QED) is 0.854. The van der Waals surface area contributed by atoms with E-state index in [4.69, 9.17) is 4.74 Å². The van der Waals surface area contributed by atoms with Crippen molar-refractivity contribution >= 4 is 5.91 Å². The van der Waals surface area contributed by atoms with E-state index in [0.29, 0.717) is 18.7 Å². The van der Waals surface area contributed by atoms with Gasteiger partial charge in [-0.3, -0.25) is 4.79 Å². The molecule has 0 saturated heterocycles. The van der Waals surface area contributed by atoms with Gasteiger partial charge in [-0.25, -0.2) is 0 Å². The van der Waals surface area contributed by atoms with Gasteiger partial charge in [0.25, 0.3) is 5.91 Å². The summed E-state index contributed by atoms with van der Waals surface area (Å²) in [7, 11) is 0. The minimum absolute atomic E-state index is 0.0639. The van der Waals surface area contributed by atoms with Gasteiger partial charge in [0.1, 0.15) is 12.4 Å². The SMILES string of the molecule is Cc1cccc(OCCNC(=O)c2ccc(C)c(C)c2)c1. The molecule has 2 aromatic carbocycles. The van der Waals surface area contributed by atoms with E-state index in [9.17, 15) is 4.79 Å². The largest absolute Gasteiger partial charge is 0.492 e. The van der Waals surface area contributed by atoms with Crippen LogP contribution in [0.5, 0.6) is 5.75 Å². The normalized spacial score (nSPS) is 10.2. The van der Waals surface area contributed by atoms with Gasteiger partial charge in [-0.2, -0.15) is 0 Å². The van der Waals surface area contributed by atoms with Gasteiger partial charge in [0.15, 0.2) is 0 Å². The maximum absolute atomic E-state index is 12.0. The molecule has 0 bridgehead atoms. The molecule has 0 aliphatic rings. The van der Waals surface area contributed by atoms with Crippen LogP contribution in [-0.4, -0.2) is 19.1 Å². The van der Waals surface area contributed by atoms with Crippen molar-refractivity contribution in [2.24, 2.45) is 0 Å². The van der Waals surface area contributed by atoms with Crippen molar-refractivity contribution in [3.8, 4) is 5.75 Å². The van der Waals surface area contributed by atoms with Crippen LogP contribution >= 0.6 is 0 Å². The molecule has 2 aromatic rings. The number of hydrogen-bond donors (Lipinski definition) is 1. The van der Waals surface area contributed by atoms with Gasteiger partial charge in [0.2, 0.25) is 0 Å². The molecule has 0 radical (unpaired) electrons. The number of aryl methyl sites for hydroxylation is 3. The molecule has 3 heteroatoms. The zero-order chi connectivity index (χ0) is 15.2. The standard InChI is InChI=1S/C18H21NO2/c1-13-5-4-6-17(11-13)21-10-9-19-18(20)16-8-7-14(2)15(3)12-16/h4-8,11-12H,9-10H2,1-3H3,(H,19,20). The fourth-order valence-electron chi connectivity index (χ4n) is 2.02. The first-order chi connectivity index (χ1) is 10.1. The first kappa shape index (κ1) is 15.1. The third kappa shape index (κ3) is 4.35. The number of hydrogen-bond acceptors (Lipinski definition) is 2. The summed E-state index contributed by atoms with van der Waals surface area (Å²) in [6.07, 6.45) is 0. The fourth-order valence-corrected chi connectivity index (χ4v) is 2.02. The third-order valence-corrected chi connectivity index (χ3v) is 3.41. The van der Waals surface area contributed by atoms with Crippen molar-refractivity contribution in [2.45, 2.75) is 20.8 Å². The summed E-state index contributed by atoms with van der Waals surface area (Å²) in [6, 6.07) is 13.6. The molecule has 1 N–H and O–H groups in total. The number of ether oxygens (including phenoxy) is 1. The summed E-state index contributed by atoms with van der Waals surface area (Å²) in [5, 5.41) is 2.87. The van der Waals surface area contributed by atoms with Crippen LogP contribution in [0.1, 0.15) is 27.0 Å². The number of rotatable bonds is 5. The number of carbonyl (C=O) groups excluding carboxylic acids is 1. The predicted octanol–water partition coefficient (Wildman–Crippen LogP) is 3.42. The summed E-state index contributed by atoms with van der Waals surface area (Å²) in [6.45, 7) is 7.01. The van der Waals surface area contributed by atoms with Crippen molar-refractivity contribution < 1.29 is 9.53 Å². The van der Waals surface area contributed by atoms with Crippen LogP contribution in [0.3, 0.4) is 0 Å². The zero-order valence-electron chi connectivity index (χ0n) is 12.8. The molecular weight excluding hydrogens is 262 g/mol. The van der Waals surface area contributed by atoms with Crippen LogP contribution in [0.15, 0.2) is 42.5 Å². The number of benzene rings is 2. The van der Waals surface area contributed by atoms with Crippen LogP contribution in [0.25, 0.3) is 0 Å². The molecule has 0 aliphatic carbocycles. The summed E-state index contributed by atoms with van der Waals surface area (Å²) < 4.78 is 5.60. The molecule has 0 aliphatic heterocycles. The van der Waals surface area contributed by atoms with Crippen LogP contribution in [0.4, 0.5) is 0 Å². The molecule has 0 aromatic heterocycles. The maximum Gasteiger partial charge on any atom is 0.251 e. The average Bonchev–Trinajstić information content (AvgIpc) is 2.46. The number of nitrogens with one attached hydrogen (secondary N) is 1. The van der Waals surface area contributed by atoms with E-state index in [1.54, 1.807) is 0 Å². The predicted molar refractivity (Wildman–Crippen MR) is 84.9 cm³/mol. The van der Waals surface area contributed by atoms with Crippen LogP contribution in [0.2, 0.25) is 0 Å². The van der Waals surface area contributed by atoms with Crippen molar-refractivity contribution in [1.29, 1.82) is 0 Å². The number of amides is 1. The molecule has 21 heavy (non-hydrogen) atoms. The lowest BCUT2D eigenvalue weighted by atomic mass is 10.1. The Labute approximate surface area is 126 Å². The molecule has 0 heterocycles. The van der Waals surface area contributed by atoms with E-state index in [-0.39, 0.29) is 5.91 Å². The molecule has 2 rings (SSSR count). The Balaban J connectivity index is 1.80.